The zero-order chi connectivity index (χ0) is 14.0. The fraction of sp³-hybridized carbons (Fsp3) is 0.417. The number of carbonyl (C=O) groups is 1. The lowest BCUT2D eigenvalue weighted by atomic mass is 10.1. The van der Waals surface area contributed by atoms with E-state index in [1.807, 2.05) is 0 Å². The summed E-state index contributed by atoms with van der Waals surface area (Å²) in [6, 6.07) is 3.17. The van der Waals surface area contributed by atoms with Gasteiger partial charge in [-0.3, -0.25) is 0 Å². The highest BCUT2D eigenvalue weighted by Crippen LogP contribution is 2.25. The molecule has 1 aliphatic rings. The third-order valence-corrected chi connectivity index (χ3v) is 2.51. The van der Waals surface area contributed by atoms with Crippen LogP contribution < -0.4 is 10.1 Å². The number of hydrogen-bond donors (Lipinski definition) is 1. The van der Waals surface area contributed by atoms with Gasteiger partial charge >= 0.3 is 6.09 Å². The van der Waals surface area contributed by atoms with Gasteiger partial charge in [0.15, 0.2) is 6.61 Å². The molecule has 0 bridgehead atoms. The fourth-order valence-electron chi connectivity index (χ4n) is 1.64. The third-order valence-electron chi connectivity index (χ3n) is 2.51. The second-order valence-corrected chi connectivity index (χ2v) is 4.34. The summed E-state index contributed by atoms with van der Waals surface area (Å²) in [4.78, 5) is 10.9. The van der Waals surface area contributed by atoms with Gasteiger partial charge in [-0.05, 0) is 6.07 Å². The Morgan fingerprint density at radius 3 is 2.79 bits per heavy atom. The van der Waals surface area contributed by atoms with E-state index in [2.05, 4.69) is 10.1 Å². The minimum Gasteiger partial charge on any atom is -0.487 e. The first kappa shape index (κ1) is 13.5. The summed E-state index contributed by atoms with van der Waals surface area (Å²) in [6.45, 7) is -0.0822. The zero-order valence-electron chi connectivity index (χ0n) is 10.1. The van der Waals surface area contributed by atoms with Crippen LogP contribution >= 0.6 is 0 Å². The van der Waals surface area contributed by atoms with E-state index in [0.717, 1.165) is 6.07 Å². The molecule has 1 saturated heterocycles. The molecule has 1 atom stereocenters. The summed E-state index contributed by atoms with van der Waals surface area (Å²) in [5.41, 5.74) is 0.224. The molecular formula is C12H12F3NO3. The molecule has 0 saturated carbocycles. The second kappa shape index (κ2) is 4.99. The number of ether oxygens (including phenoxy) is 2. The van der Waals surface area contributed by atoms with Gasteiger partial charge in [0.25, 0.3) is 5.92 Å². The smallest absolute Gasteiger partial charge is 0.407 e. The normalized spacial score (nSPS) is 18.9. The van der Waals surface area contributed by atoms with Crippen LogP contribution in [0.2, 0.25) is 0 Å². The van der Waals surface area contributed by atoms with E-state index >= 15 is 0 Å². The minimum atomic E-state index is -2.98. The first-order valence-electron chi connectivity index (χ1n) is 5.58. The maximum Gasteiger partial charge on any atom is 0.407 e. The molecule has 0 aromatic heterocycles. The molecule has 0 spiro atoms. The Balaban J connectivity index is 2.07. The SMILES string of the molecule is CC(F)(F)COc1ccc(C2COC(=O)N2)c(F)c1. The first-order valence-corrected chi connectivity index (χ1v) is 5.58. The van der Waals surface area contributed by atoms with Gasteiger partial charge in [0.2, 0.25) is 0 Å². The molecule has 104 valence electrons. The predicted molar refractivity (Wildman–Crippen MR) is 59.7 cm³/mol. The van der Waals surface area contributed by atoms with Crippen molar-refractivity contribution >= 4 is 6.09 Å². The number of hydrogen-bond acceptors (Lipinski definition) is 3. The number of cyclic esters (lactones) is 1. The zero-order valence-corrected chi connectivity index (χ0v) is 10.1. The summed E-state index contributed by atoms with van der Waals surface area (Å²) >= 11 is 0. The van der Waals surface area contributed by atoms with Crippen molar-refractivity contribution in [2.75, 3.05) is 13.2 Å². The quantitative estimate of drug-likeness (QED) is 0.919. The van der Waals surface area contributed by atoms with E-state index in [0.29, 0.717) is 6.92 Å². The van der Waals surface area contributed by atoms with Crippen molar-refractivity contribution in [3.63, 3.8) is 0 Å². The molecule has 1 amide bonds. The van der Waals surface area contributed by atoms with Crippen LogP contribution in [0.1, 0.15) is 18.5 Å². The minimum absolute atomic E-state index is 0.00742. The Morgan fingerprint density at radius 2 is 2.26 bits per heavy atom. The number of benzene rings is 1. The van der Waals surface area contributed by atoms with Crippen LogP contribution in [-0.4, -0.2) is 25.2 Å². The molecular weight excluding hydrogens is 263 g/mol. The number of halogens is 3. The van der Waals surface area contributed by atoms with Gasteiger partial charge in [-0.1, -0.05) is 6.07 Å². The average molecular weight is 275 g/mol. The van der Waals surface area contributed by atoms with Gasteiger partial charge in [0, 0.05) is 18.6 Å². The molecule has 1 N–H and O–H groups in total. The number of rotatable bonds is 4. The van der Waals surface area contributed by atoms with Gasteiger partial charge in [-0.25, -0.2) is 18.0 Å². The van der Waals surface area contributed by atoms with Crippen molar-refractivity contribution in [1.29, 1.82) is 0 Å². The van der Waals surface area contributed by atoms with Crippen molar-refractivity contribution in [2.45, 2.75) is 18.9 Å². The Bertz CT molecular complexity index is 488. The van der Waals surface area contributed by atoms with Crippen LogP contribution in [0.5, 0.6) is 5.75 Å². The maximum atomic E-state index is 13.8. The summed E-state index contributed by atoms with van der Waals surface area (Å²) in [7, 11) is 0. The van der Waals surface area contributed by atoms with Gasteiger partial charge < -0.3 is 14.8 Å². The van der Waals surface area contributed by atoms with E-state index in [4.69, 9.17) is 4.74 Å². The fourth-order valence-corrected chi connectivity index (χ4v) is 1.64. The summed E-state index contributed by atoms with van der Waals surface area (Å²) in [5.74, 6) is -3.62. The van der Waals surface area contributed by atoms with Crippen LogP contribution in [0.15, 0.2) is 18.2 Å². The largest absolute Gasteiger partial charge is 0.487 e. The molecule has 1 fully saturated rings. The summed E-state index contributed by atoms with van der Waals surface area (Å²) in [5, 5.41) is 2.42. The van der Waals surface area contributed by atoms with E-state index in [1.54, 1.807) is 0 Å². The van der Waals surface area contributed by atoms with E-state index in [9.17, 15) is 18.0 Å². The molecule has 0 aliphatic carbocycles. The van der Waals surface area contributed by atoms with E-state index in [1.165, 1.54) is 12.1 Å². The number of nitrogens with one attached hydrogen (secondary N) is 1. The lowest BCUT2D eigenvalue weighted by Crippen LogP contribution is -2.21. The highest BCUT2D eigenvalue weighted by molar-refractivity contribution is 5.70. The predicted octanol–water partition coefficient (Wildman–Crippen LogP) is 2.64. The molecule has 19 heavy (non-hydrogen) atoms. The molecule has 4 nitrogen and oxygen atoms in total. The maximum absolute atomic E-state index is 13.8. The highest BCUT2D eigenvalue weighted by Gasteiger charge is 2.27. The number of amides is 1. The van der Waals surface area contributed by atoms with Crippen molar-refractivity contribution < 1.29 is 27.4 Å². The second-order valence-electron chi connectivity index (χ2n) is 4.34. The van der Waals surface area contributed by atoms with Crippen LogP contribution in [0.4, 0.5) is 18.0 Å². The molecule has 1 aromatic rings. The van der Waals surface area contributed by atoms with Gasteiger partial charge in [-0.15, -0.1) is 0 Å². The van der Waals surface area contributed by atoms with Crippen molar-refractivity contribution in [3.05, 3.63) is 29.6 Å². The highest BCUT2D eigenvalue weighted by atomic mass is 19.3. The van der Waals surface area contributed by atoms with Crippen molar-refractivity contribution in [1.82, 2.24) is 5.32 Å². The molecule has 7 heteroatoms. The lowest BCUT2D eigenvalue weighted by Gasteiger charge is -2.14. The standard InChI is InChI=1S/C12H12F3NO3/c1-12(14,15)6-19-7-2-3-8(9(13)4-7)10-5-18-11(17)16-10/h2-4,10H,5-6H2,1H3,(H,16,17). The topological polar surface area (TPSA) is 47.6 Å². The third kappa shape index (κ3) is 3.52. The summed E-state index contributed by atoms with van der Waals surface area (Å²) in [6.07, 6.45) is -0.615. The van der Waals surface area contributed by atoms with Gasteiger partial charge in [0.1, 0.15) is 18.2 Å². The van der Waals surface area contributed by atoms with Crippen LogP contribution in [0.25, 0.3) is 0 Å². The number of alkyl carbamates (subject to hydrolysis) is 1. The monoisotopic (exact) mass is 275 g/mol. The van der Waals surface area contributed by atoms with Crippen LogP contribution in [0.3, 0.4) is 0 Å². The lowest BCUT2D eigenvalue weighted by molar-refractivity contribution is -0.0230. The molecule has 1 aliphatic heterocycles. The Labute approximate surface area is 107 Å². The molecule has 2 rings (SSSR count). The molecule has 1 heterocycles. The van der Waals surface area contributed by atoms with E-state index < -0.39 is 30.5 Å². The Morgan fingerprint density at radius 1 is 1.53 bits per heavy atom. The van der Waals surface area contributed by atoms with Gasteiger partial charge in [0.05, 0.1) is 6.04 Å². The van der Waals surface area contributed by atoms with Crippen LogP contribution in [-0.2, 0) is 4.74 Å². The number of carbonyl (C=O) groups excluding carboxylic acids is 1. The van der Waals surface area contributed by atoms with Crippen molar-refractivity contribution in [3.8, 4) is 5.75 Å². The number of alkyl halides is 2. The summed E-state index contributed by atoms with van der Waals surface area (Å²) < 4.78 is 48.4. The molecule has 1 aromatic carbocycles. The first-order chi connectivity index (χ1) is 8.85. The Kier molecular flexibility index (Phi) is 3.55. The average Bonchev–Trinajstić information content (AvgIpc) is 2.72. The molecule has 0 radical (unpaired) electrons. The van der Waals surface area contributed by atoms with Gasteiger partial charge in [-0.2, -0.15) is 0 Å². The van der Waals surface area contributed by atoms with Crippen molar-refractivity contribution in [2.24, 2.45) is 0 Å². The molecule has 1 unspecified atom stereocenters. The van der Waals surface area contributed by atoms with E-state index in [-0.39, 0.29) is 17.9 Å². The Hall–Kier alpha value is -1.92. The van der Waals surface area contributed by atoms with Crippen LogP contribution in [0, 0.1) is 5.82 Å².